The van der Waals surface area contributed by atoms with Crippen molar-refractivity contribution in [1.29, 1.82) is 0 Å². The number of rotatable bonds is 4. The average Bonchev–Trinajstić information content (AvgIpc) is 2.16. The predicted octanol–water partition coefficient (Wildman–Crippen LogP) is 2.23. The topological polar surface area (TPSA) is 37.8 Å². The lowest BCUT2D eigenvalue weighted by Crippen LogP contribution is -2.17. The summed E-state index contributed by atoms with van der Waals surface area (Å²) in [4.78, 5) is 9.12. The zero-order valence-corrected chi connectivity index (χ0v) is 11.1. The Morgan fingerprint density at radius 3 is 2.50 bits per heavy atom. The van der Waals surface area contributed by atoms with Crippen LogP contribution in [0.1, 0.15) is 44.4 Å². The largest absolute Gasteiger partial charge is 0.320 e. The molecule has 3 heteroatoms. The third kappa shape index (κ3) is 3.89. The van der Waals surface area contributed by atoms with Crippen LogP contribution in [0.3, 0.4) is 0 Å². The summed E-state index contributed by atoms with van der Waals surface area (Å²) < 4.78 is 0. The molecule has 0 aliphatic rings. The van der Waals surface area contributed by atoms with Crippen LogP contribution >= 0.6 is 0 Å². The molecule has 0 saturated heterocycles. The highest BCUT2D eigenvalue weighted by molar-refractivity contribution is 5.17. The summed E-state index contributed by atoms with van der Waals surface area (Å²) in [5, 5.41) is 3.14. The zero-order valence-electron chi connectivity index (χ0n) is 11.1. The highest BCUT2D eigenvalue weighted by Crippen LogP contribution is 2.20. The summed E-state index contributed by atoms with van der Waals surface area (Å²) in [7, 11) is 1.97. The molecule has 0 aromatic carbocycles. The number of hydrogen-bond acceptors (Lipinski definition) is 3. The van der Waals surface area contributed by atoms with Gasteiger partial charge in [0.25, 0.3) is 0 Å². The van der Waals surface area contributed by atoms with Gasteiger partial charge in [-0.2, -0.15) is 0 Å². The standard InChI is InChI=1S/C13H23N3/c1-10-9-11(13(2,3)4)16-12(15-10)7-6-8-14-5/h9,14H,6-8H2,1-5H3. The van der Waals surface area contributed by atoms with Crippen molar-refractivity contribution in [3.8, 4) is 0 Å². The fraction of sp³-hybridized carbons (Fsp3) is 0.692. The second-order valence-corrected chi connectivity index (χ2v) is 5.27. The highest BCUT2D eigenvalue weighted by atomic mass is 14.9. The molecule has 0 atom stereocenters. The third-order valence-corrected chi connectivity index (χ3v) is 2.50. The molecule has 16 heavy (non-hydrogen) atoms. The number of hydrogen-bond donors (Lipinski definition) is 1. The Balaban J connectivity index is 2.82. The summed E-state index contributed by atoms with van der Waals surface area (Å²) >= 11 is 0. The maximum Gasteiger partial charge on any atom is 0.128 e. The van der Waals surface area contributed by atoms with Gasteiger partial charge in [0.1, 0.15) is 5.82 Å². The van der Waals surface area contributed by atoms with Crippen LogP contribution in [0.25, 0.3) is 0 Å². The van der Waals surface area contributed by atoms with Gasteiger partial charge in [0.2, 0.25) is 0 Å². The summed E-state index contributed by atoms with van der Waals surface area (Å²) in [6.07, 6.45) is 2.04. The Hall–Kier alpha value is -0.960. The van der Waals surface area contributed by atoms with E-state index in [1.807, 2.05) is 14.0 Å². The Morgan fingerprint density at radius 2 is 1.94 bits per heavy atom. The molecule has 0 aliphatic carbocycles. The van der Waals surface area contributed by atoms with E-state index in [2.05, 4.69) is 42.1 Å². The van der Waals surface area contributed by atoms with Gasteiger partial charge in [-0.3, -0.25) is 0 Å². The molecule has 90 valence electrons. The number of aryl methyl sites for hydroxylation is 2. The Bertz CT molecular complexity index is 340. The van der Waals surface area contributed by atoms with Crippen LogP contribution < -0.4 is 5.32 Å². The molecule has 0 saturated carbocycles. The van der Waals surface area contributed by atoms with Crippen molar-refractivity contribution in [2.75, 3.05) is 13.6 Å². The fourth-order valence-electron chi connectivity index (χ4n) is 1.55. The van der Waals surface area contributed by atoms with Gasteiger partial charge in [-0.05, 0) is 33.0 Å². The molecule has 1 aromatic heterocycles. The van der Waals surface area contributed by atoms with Crippen molar-refractivity contribution in [3.63, 3.8) is 0 Å². The Morgan fingerprint density at radius 1 is 1.25 bits per heavy atom. The van der Waals surface area contributed by atoms with E-state index in [1.165, 1.54) is 0 Å². The lowest BCUT2D eigenvalue weighted by Gasteiger charge is -2.18. The summed E-state index contributed by atoms with van der Waals surface area (Å²) in [5.41, 5.74) is 2.31. The molecule has 1 N–H and O–H groups in total. The second-order valence-electron chi connectivity index (χ2n) is 5.27. The molecule has 1 rings (SSSR count). The molecule has 0 amide bonds. The van der Waals surface area contributed by atoms with Crippen molar-refractivity contribution in [3.05, 3.63) is 23.3 Å². The van der Waals surface area contributed by atoms with Gasteiger partial charge in [-0.15, -0.1) is 0 Å². The first kappa shape index (κ1) is 13.1. The van der Waals surface area contributed by atoms with Crippen molar-refractivity contribution in [2.45, 2.75) is 46.0 Å². The molecule has 0 aliphatic heterocycles. The highest BCUT2D eigenvalue weighted by Gasteiger charge is 2.16. The van der Waals surface area contributed by atoms with Crippen molar-refractivity contribution in [1.82, 2.24) is 15.3 Å². The van der Waals surface area contributed by atoms with Gasteiger partial charge in [-0.25, -0.2) is 9.97 Å². The van der Waals surface area contributed by atoms with E-state index in [1.54, 1.807) is 0 Å². The van der Waals surface area contributed by atoms with Crippen molar-refractivity contribution >= 4 is 0 Å². The van der Waals surface area contributed by atoms with Crippen LogP contribution in [-0.2, 0) is 11.8 Å². The first-order chi connectivity index (χ1) is 7.43. The smallest absolute Gasteiger partial charge is 0.128 e. The minimum absolute atomic E-state index is 0.103. The molecular formula is C13H23N3. The van der Waals surface area contributed by atoms with Gasteiger partial charge >= 0.3 is 0 Å². The zero-order chi connectivity index (χ0) is 12.2. The molecule has 3 nitrogen and oxygen atoms in total. The van der Waals surface area contributed by atoms with E-state index in [0.717, 1.165) is 36.6 Å². The van der Waals surface area contributed by atoms with Gasteiger partial charge < -0.3 is 5.32 Å². The van der Waals surface area contributed by atoms with Crippen LogP contribution in [-0.4, -0.2) is 23.6 Å². The third-order valence-electron chi connectivity index (χ3n) is 2.50. The lowest BCUT2D eigenvalue weighted by molar-refractivity contribution is 0.558. The first-order valence-electron chi connectivity index (χ1n) is 5.93. The molecule has 0 radical (unpaired) electrons. The predicted molar refractivity (Wildman–Crippen MR) is 67.7 cm³/mol. The summed E-state index contributed by atoms with van der Waals surface area (Å²) in [6, 6.07) is 2.08. The van der Waals surface area contributed by atoms with Gasteiger partial charge in [0.15, 0.2) is 0 Å². The maximum absolute atomic E-state index is 4.64. The van der Waals surface area contributed by atoms with Gasteiger partial charge in [0.05, 0.1) is 0 Å². The first-order valence-corrected chi connectivity index (χ1v) is 5.93. The van der Waals surface area contributed by atoms with Crippen LogP contribution in [0.15, 0.2) is 6.07 Å². The second kappa shape index (κ2) is 5.39. The minimum atomic E-state index is 0.103. The monoisotopic (exact) mass is 221 g/mol. The van der Waals surface area contributed by atoms with E-state index >= 15 is 0 Å². The number of aromatic nitrogens is 2. The maximum atomic E-state index is 4.64. The molecule has 0 unspecified atom stereocenters. The SMILES string of the molecule is CNCCCc1nc(C)cc(C(C)(C)C)n1. The number of nitrogens with one attached hydrogen (secondary N) is 1. The summed E-state index contributed by atoms with van der Waals surface area (Å²) in [6.45, 7) is 9.62. The summed E-state index contributed by atoms with van der Waals surface area (Å²) in [5.74, 6) is 0.972. The van der Waals surface area contributed by atoms with Gasteiger partial charge in [0, 0.05) is 23.2 Å². The Labute approximate surface area is 98.7 Å². The van der Waals surface area contributed by atoms with E-state index in [4.69, 9.17) is 0 Å². The van der Waals surface area contributed by atoms with Gasteiger partial charge in [-0.1, -0.05) is 20.8 Å². The van der Waals surface area contributed by atoms with E-state index in [9.17, 15) is 0 Å². The van der Waals surface area contributed by atoms with Crippen LogP contribution in [0.2, 0.25) is 0 Å². The molecule has 1 aromatic rings. The van der Waals surface area contributed by atoms with E-state index in [0.29, 0.717) is 0 Å². The minimum Gasteiger partial charge on any atom is -0.320 e. The van der Waals surface area contributed by atoms with Crippen LogP contribution in [0.4, 0.5) is 0 Å². The normalized spacial score (nSPS) is 11.8. The molecule has 1 heterocycles. The molecule has 0 bridgehead atoms. The number of nitrogens with zero attached hydrogens (tertiary/aromatic N) is 2. The average molecular weight is 221 g/mol. The van der Waals surface area contributed by atoms with Crippen molar-refractivity contribution in [2.24, 2.45) is 0 Å². The fourth-order valence-corrected chi connectivity index (χ4v) is 1.55. The van der Waals surface area contributed by atoms with Crippen LogP contribution in [0.5, 0.6) is 0 Å². The van der Waals surface area contributed by atoms with E-state index in [-0.39, 0.29) is 5.41 Å². The Kier molecular flexibility index (Phi) is 4.42. The molecule has 0 fully saturated rings. The quantitative estimate of drug-likeness (QED) is 0.792. The van der Waals surface area contributed by atoms with Crippen molar-refractivity contribution < 1.29 is 0 Å². The lowest BCUT2D eigenvalue weighted by atomic mass is 9.91. The molecular weight excluding hydrogens is 198 g/mol. The molecule has 0 spiro atoms. The van der Waals surface area contributed by atoms with Crippen LogP contribution in [0, 0.1) is 6.92 Å². The van der Waals surface area contributed by atoms with E-state index < -0.39 is 0 Å².